The van der Waals surface area contributed by atoms with Gasteiger partial charge in [-0.3, -0.25) is 9.59 Å². The molecule has 136 valence electrons. The van der Waals surface area contributed by atoms with Gasteiger partial charge in [-0.2, -0.15) is 0 Å². The van der Waals surface area contributed by atoms with Crippen LogP contribution in [0.1, 0.15) is 24.9 Å². The topological polar surface area (TPSA) is 77.9 Å². The molecular formula is C18H17ClN2O4S. The lowest BCUT2D eigenvalue weighted by Crippen LogP contribution is -2.50. The number of benzene rings is 1. The average Bonchev–Trinajstić information content (AvgIpc) is 3.13. The van der Waals surface area contributed by atoms with Crippen molar-refractivity contribution in [2.24, 2.45) is 0 Å². The molecule has 26 heavy (non-hydrogen) atoms. The van der Waals surface area contributed by atoms with E-state index in [0.717, 1.165) is 16.9 Å². The monoisotopic (exact) mass is 392 g/mol. The minimum Gasteiger partial charge on any atom is -0.477 e. The average molecular weight is 393 g/mol. The quantitative estimate of drug-likeness (QED) is 0.867. The van der Waals surface area contributed by atoms with Crippen LogP contribution in [-0.2, 0) is 11.2 Å². The molecule has 0 bridgehead atoms. The number of halogens is 1. The number of nitrogens with zero attached hydrogens (tertiary/aromatic N) is 2. The van der Waals surface area contributed by atoms with Gasteiger partial charge in [0, 0.05) is 31.2 Å². The fraction of sp³-hybridized carbons (Fsp3) is 0.278. The standard InChI is InChI=1S/C18H17ClN2O4S/c19-13-3-1-12(2-4-13)11-16(22)20-7-9-21(10-8-20)17(23)14-5-6-15(26-14)18(24)25/h1-6H,7-11H2,(H,24,25). The maximum atomic E-state index is 12.5. The van der Waals surface area contributed by atoms with Crippen molar-refractivity contribution in [3.63, 3.8) is 0 Å². The summed E-state index contributed by atoms with van der Waals surface area (Å²) in [5.41, 5.74) is 0.901. The van der Waals surface area contributed by atoms with E-state index in [4.69, 9.17) is 16.7 Å². The molecule has 0 unspecified atom stereocenters. The first-order chi connectivity index (χ1) is 12.4. The molecule has 2 amide bonds. The number of carboxylic acids is 1. The SMILES string of the molecule is O=C(O)c1ccc(C(=O)N2CCN(C(=O)Cc3ccc(Cl)cc3)CC2)s1. The lowest BCUT2D eigenvalue weighted by molar-refractivity contribution is -0.131. The first-order valence-electron chi connectivity index (χ1n) is 8.08. The predicted octanol–water partition coefficient (Wildman–Crippen LogP) is 2.63. The summed E-state index contributed by atoms with van der Waals surface area (Å²) < 4.78 is 0. The number of carboxylic acid groups (broad SMARTS) is 1. The van der Waals surface area contributed by atoms with Crippen LogP contribution in [0.15, 0.2) is 36.4 Å². The Bertz CT molecular complexity index is 826. The summed E-state index contributed by atoms with van der Waals surface area (Å²) in [6.45, 7) is 1.81. The number of hydrogen-bond donors (Lipinski definition) is 1. The molecule has 3 rings (SSSR count). The molecule has 0 radical (unpaired) electrons. The summed E-state index contributed by atoms with van der Waals surface area (Å²) in [6, 6.07) is 10.1. The van der Waals surface area contributed by atoms with Gasteiger partial charge in [-0.25, -0.2) is 4.79 Å². The Morgan fingerprint density at radius 3 is 2.08 bits per heavy atom. The van der Waals surface area contributed by atoms with Crippen molar-refractivity contribution < 1.29 is 19.5 Å². The minimum absolute atomic E-state index is 0.0173. The maximum absolute atomic E-state index is 12.5. The van der Waals surface area contributed by atoms with Crippen LogP contribution in [0, 0.1) is 0 Å². The Morgan fingerprint density at radius 2 is 1.50 bits per heavy atom. The van der Waals surface area contributed by atoms with Crippen molar-refractivity contribution in [2.45, 2.75) is 6.42 Å². The number of hydrogen-bond acceptors (Lipinski definition) is 4. The van der Waals surface area contributed by atoms with Crippen LogP contribution in [0.4, 0.5) is 0 Å². The lowest BCUT2D eigenvalue weighted by atomic mass is 10.1. The van der Waals surface area contributed by atoms with Gasteiger partial charge < -0.3 is 14.9 Å². The Hall–Kier alpha value is -2.38. The van der Waals surface area contributed by atoms with Gasteiger partial charge in [-0.05, 0) is 29.8 Å². The van der Waals surface area contributed by atoms with Gasteiger partial charge in [0.05, 0.1) is 11.3 Å². The molecule has 0 aliphatic carbocycles. The highest BCUT2D eigenvalue weighted by Crippen LogP contribution is 2.19. The third-order valence-electron chi connectivity index (χ3n) is 4.22. The number of rotatable bonds is 4. The van der Waals surface area contributed by atoms with Crippen molar-refractivity contribution in [2.75, 3.05) is 26.2 Å². The molecule has 0 saturated carbocycles. The molecule has 1 N–H and O–H groups in total. The molecule has 0 spiro atoms. The summed E-state index contributed by atoms with van der Waals surface area (Å²) in [6.07, 6.45) is 0.304. The first-order valence-corrected chi connectivity index (χ1v) is 9.28. The number of carbonyl (C=O) groups is 3. The smallest absolute Gasteiger partial charge is 0.345 e. The molecule has 1 aliphatic heterocycles. The molecule has 1 aromatic heterocycles. The zero-order valence-corrected chi connectivity index (χ0v) is 15.4. The van der Waals surface area contributed by atoms with E-state index in [0.29, 0.717) is 42.5 Å². The number of thiophene rings is 1. The zero-order chi connectivity index (χ0) is 18.7. The van der Waals surface area contributed by atoms with Crippen molar-refractivity contribution in [1.29, 1.82) is 0 Å². The third kappa shape index (κ3) is 4.23. The molecule has 6 nitrogen and oxygen atoms in total. The molecule has 1 saturated heterocycles. The van der Waals surface area contributed by atoms with Gasteiger partial charge >= 0.3 is 5.97 Å². The highest BCUT2D eigenvalue weighted by Gasteiger charge is 2.26. The summed E-state index contributed by atoms with van der Waals surface area (Å²) in [7, 11) is 0. The summed E-state index contributed by atoms with van der Waals surface area (Å²) in [5.74, 6) is -1.21. The zero-order valence-electron chi connectivity index (χ0n) is 13.9. The minimum atomic E-state index is -1.04. The van der Waals surface area contributed by atoms with Gasteiger partial charge in [0.25, 0.3) is 5.91 Å². The van der Waals surface area contributed by atoms with E-state index in [1.165, 1.54) is 12.1 Å². The molecule has 1 aromatic carbocycles. The van der Waals surface area contributed by atoms with Crippen molar-refractivity contribution in [3.8, 4) is 0 Å². The highest BCUT2D eigenvalue weighted by atomic mass is 35.5. The van der Waals surface area contributed by atoms with Gasteiger partial charge in [-0.15, -0.1) is 11.3 Å². The van der Waals surface area contributed by atoms with E-state index in [1.54, 1.807) is 21.9 Å². The van der Waals surface area contributed by atoms with E-state index >= 15 is 0 Å². The van der Waals surface area contributed by atoms with E-state index in [1.807, 2.05) is 12.1 Å². The van der Waals surface area contributed by atoms with E-state index in [9.17, 15) is 14.4 Å². The molecule has 0 atom stereocenters. The third-order valence-corrected chi connectivity index (χ3v) is 5.53. The van der Waals surface area contributed by atoms with E-state index in [-0.39, 0.29) is 16.7 Å². The van der Waals surface area contributed by atoms with Crippen molar-refractivity contribution in [3.05, 3.63) is 56.7 Å². The van der Waals surface area contributed by atoms with Crippen LogP contribution in [0.25, 0.3) is 0 Å². The van der Waals surface area contributed by atoms with Gasteiger partial charge in [0.2, 0.25) is 5.91 Å². The Kier molecular flexibility index (Phi) is 5.58. The lowest BCUT2D eigenvalue weighted by Gasteiger charge is -2.34. The summed E-state index contributed by atoms with van der Waals surface area (Å²) in [5, 5.41) is 9.59. The van der Waals surface area contributed by atoms with Gasteiger partial charge in [0.1, 0.15) is 4.88 Å². The second-order valence-corrected chi connectivity index (χ2v) is 7.47. The second-order valence-electron chi connectivity index (χ2n) is 5.95. The van der Waals surface area contributed by atoms with Crippen LogP contribution in [0.5, 0.6) is 0 Å². The van der Waals surface area contributed by atoms with Crippen LogP contribution < -0.4 is 0 Å². The predicted molar refractivity (Wildman–Crippen MR) is 98.9 cm³/mol. The Labute approximate surface area is 159 Å². The summed E-state index contributed by atoms with van der Waals surface area (Å²) >= 11 is 6.82. The van der Waals surface area contributed by atoms with Crippen molar-refractivity contribution in [1.82, 2.24) is 9.80 Å². The Balaban J connectivity index is 1.54. The normalized spacial score (nSPS) is 14.3. The molecular weight excluding hydrogens is 376 g/mol. The molecule has 1 fully saturated rings. The van der Waals surface area contributed by atoms with Crippen molar-refractivity contribution >= 4 is 40.7 Å². The van der Waals surface area contributed by atoms with Crippen LogP contribution in [0.2, 0.25) is 5.02 Å². The fourth-order valence-corrected chi connectivity index (χ4v) is 3.71. The molecule has 2 aromatic rings. The molecule has 2 heterocycles. The maximum Gasteiger partial charge on any atom is 0.345 e. The first kappa shape index (κ1) is 18.4. The highest BCUT2D eigenvalue weighted by molar-refractivity contribution is 7.15. The number of piperazine rings is 1. The van der Waals surface area contributed by atoms with Crippen LogP contribution >= 0.6 is 22.9 Å². The Morgan fingerprint density at radius 1 is 0.923 bits per heavy atom. The summed E-state index contributed by atoms with van der Waals surface area (Å²) in [4.78, 5) is 39.8. The molecule has 8 heteroatoms. The van der Waals surface area contributed by atoms with Gasteiger partial charge in [0.15, 0.2) is 0 Å². The van der Waals surface area contributed by atoms with Gasteiger partial charge in [-0.1, -0.05) is 23.7 Å². The number of amides is 2. The second kappa shape index (κ2) is 7.88. The molecule has 1 aliphatic rings. The van der Waals surface area contributed by atoms with E-state index in [2.05, 4.69) is 0 Å². The number of carbonyl (C=O) groups excluding carboxylic acids is 2. The fourth-order valence-electron chi connectivity index (χ4n) is 2.77. The van der Waals surface area contributed by atoms with E-state index < -0.39 is 5.97 Å². The van der Waals surface area contributed by atoms with Crippen LogP contribution in [0.3, 0.4) is 0 Å². The van der Waals surface area contributed by atoms with Crippen LogP contribution in [-0.4, -0.2) is 58.9 Å². The largest absolute Gasteiger partial charge is 0.477 e. The number of aromatic carboxylic acids is 1.